The van der Waals surface area contributed by atoms with Gasteiger partial charge in [0.2, 0.25) is 6.20 Å². The van der Waals surface area contributed by atoms with E-state index in [1.807, 2.05) is 54.6 Å². The van der Waals surface area contributed by atoms with Crippen LogP contribution in [0.3, 0.4) is 0 Å². The highest BCUT2D eigenvalue weighted by Crippen LogP contribution is 2.29. The number of rotatable bonds is 3. The zero-order chi connectivity index (χ0) is 22.8. The van der Waals surface area contributed by atoms with Gasteiger partial charge in [-0.3, -0.25) is 10.1 Å². The number of fused-ring (bicyclic) bond motifs is 6. The van der Waals surface area contributed by atoms with E-state index in [2.05, 4.69) is 52.9 Å². The molecule has 0 aliphatic carbocycles. The monoisotopic (exact) mass is 431 g/mol. The molecule has 0 spiro atoms. The molecule has 0 amide bonds. The van der Waals surface area contributed by atoms with Crippen molar-refractivity contribution in [3.05, 3.63) is 119 Å². The Labute approximate surface area is 189 Å². The molecular formula is C28H21N3O2. The smallest absolute Gasteiger partial charge is 0.235 e. The zero-order valence-electron chi connectivity index (χ0n) is 17.8. The number of nitrogens with zero attached hydrogens (tertiary/aromatic N) is 1. The van der Waals surface area contributed by atoms with Crippen molar-refractivity contribution >= 4 is 55.8 Å². The summed E-state index contributed by atoms with van der Waals surface area (Å²) in [5, 5.41) is 15.1. The van der Waals surface area contributed by atoms with E-state index in [4.69, 9.17) is 0 Å². The Bertz CT molecular complexity index is 1670. The lowest BCUT2D eigenvalue weighted by molar-refractivity contribution is -0.400. The van der Waals surface area contributed by atoms with Crippen molar-refractivity contribution in [1.29, 1.82) is 0 Å². The number of aromatic amines is 2. The van der Waals surface area contributed by atoms with E-state index in [0.29, 0.717) is 0 Å². The number of nitrogens with one attached hydrogen (secondary N) is 2. The molecule has 0 atom stereocenters. The summed E-state index contributed by atoms with van der Waals surface area (Å²) in [5.41, 5.74) is 6.30. The summed E-state index contributed by atoms with van der Waals surface area (Å²) in [6.07, 6.45) is 4.36. The minimum absolute atomic E-state index is 0.457. The van der Waals surface area contributed by atoms with Crippen molar-refractivity contribution in [1.82, 2.24) is 9.97 Å². The van der Waals surface area contributed by atoms with Gasteiger partial charge in [0.15, 0.2) is 0 Å². The highest BCUT2D eigenvalue weighted by molar-refractivity contribution is 6.10. The van der Waals surface area contributed by atoms with Gasteiger partial charge in [-0.25, -0.2) is 0 Å². The molecule has 0 radical (unpaired) electrons. The van der Waals surface area contributed by atoms with Crippen molar-refractivity contribution in [2.24, 2.45) is 0 Å². The number of nitro groups is 1. The molecule has 160 valence electrons. The third-order valence-corrected chi connectivity index (χ3v) is 5.74. The van der Waals surface area contributed by atoms with Gasteiger partial charge >= 0.3 is 0 Å². The third kappa shape index (κ3) is 3.77. The first-order chi connectivity index (χ1) is 16.2. The summed E-state index contributed by atoms with van der Waals surface area (Å²) in [7, 11) is 0. The molecule has 2 aromatic heterocycles. The number of hydrogen-bond donors (Lipinski definition) is 2. The van der Waals surface area contributed by atoms with Gasteiger partial charge in [-0.2, -0.15) is 0 Å². The lowest BCUT2D eigenvalue weighted by Crippen LogP contribution is -1.83. The molecule has 0 bridgehead atoms. The van der Waals surface area contributed by atoms with E-state index in [1.54, 1.807) is 0 Å². The Morgan fingerprint density at radius 2 is 1.15 bits per heavy atom. The van der Waals surface area contributed by atoms with Crippen LogP contribution in [0.2, 0.25) is 0 Å². The lowest BCUT2D eigenvalue weighted by atomic mass is 10.1. The summed E-state index contributed by atoms with van der Waals surface area (Å²) in [5.74, 6) is 0. The average molecular weight is 431 g/mol. The number of aromatic nitrogens is 2. The molecule has 0 unspecified atom stereocenters. The van der Waals surface area contributed by atoms with E-state index < -0.39 is 4.92 Å². The maximum absolute atomic E-state index is 10.4. The van der Waals surface area contributed by atoms with Gasteiger partial charge in [-0.15, -0.1) is 0 Å². The molecule has 0 saturated heterocycles. The van der Waals surface area contributed by atoms with Crippen LogP contribution in [0.1, 0.15) is 11.1 Å². The quantitative estimate of drug-likeness (QED) is 0.224. The minimum atomic E-state index is -0.457. The molecule has 4 aromatic carbocycles. The number of para-hydroxylation sites is 4. The molecule has 0 saturated carbocycles. The van der Waals surface area contributed by atoms with Crippen LogP contribution < -0.4 is 0 Å². The fraction of sp³-hybridized carbons (Fsp3) is 0. The van der Waals surface area contributed by atoms with Crippen molar-refractivity contribution < 1.29 is 4.92 Å². The number of hydrogen-bond acceptors (Lipinski definition) is 2. The van der Waals surface area contributed by atoms with Gasteiger partial charge in [0.1, 0.15) is 0 Å². The first kappa shape index (κ1) is 20.3. The molecule has 2 heterocycles. The predicted molar refractivity (Wildman–Crippen MR) is 138 cm³/mol. The first-order valence-electron chi connectivity index (χ1n) is 10.6. The standard InChI is InChI=1S/C14H10N2O2.C14H11N/c17-16(18)9-8-10-4-3-6-12-11-5-1-2-7-13(11)15-14(10)12;1-2-10-6-5-8-12-11-7-3-4-9-13(11)15-14(10)12/h1-9,15H;2-9,15H,1H2. The van der Waals surface area contributed by atoms with Crippen molar-refractivity contribution in [2.75, 3.05) is 0 Å². The fourth-order valence-corrected chi connectivity index (χ4v) is 4.24. The predicted octanol–water partition coefficient (Wildman–Crippen LogP) is 7.53. The Morgan fingerprint density at radius 1 is 0.667 bits per heavy atom. The molecule has 2 N–H and O–H groups in total. The van der Waals surface area contributed by atoms with E-state index in [-0.39, 0.29) is 0 Å². The van der Waals surface area contributed by atoms with Gasteiger partial charge in [-0.1, -0.05) is 85.5 Å². The van der Waals surface area contributed by atoms with Crippen LogP contribution >= 0.6 is 0 Å². The zero-order valence-corrected chi connectivity index (χ0v) is 17.8. The van der Waals surface area contributed by atoms with Crippen molar-refractivity contribution in [2.45, 2.75) is 0 Å². The molecule has 0 aliphatic rings. The molecule has 5 nitrogen and oxygen atoms in total. The highest BCUT2D eigenvalue weighted by Gasteiger charge is 2.06. The Kier molecular flexibility index (Phi) is 5.21. The summed E-state index contributed by atoms with van der Waals surface area (Å²) in [6.45, 7) is 3.83. The van der Waals surface area contributed by atoms with Crippen LogP contribution in [0.25, 0.3) is 55.8 Å². The largest absolute Gasteiger partial charge is 0.354 e. The Morgan fingerprint density at radius 3 is 1.70 bits per heavy atom. The molecule has 6 rings (SSSR count). The Hall–Kier alpha value is -4.64. The highest BCUT2D eigenvalue weighted by atomic mass is 16.6. The van der Waals surface area contributed by atoms with Gasteiger partial charge in [0.05, 0.1) is 16.0 Å². The van der Waals surface area contributed by atoms with Gasteiger partial charge in [0, 0.05) is 44.2 Å². The van der Waals surface area contributed by atoms with E-state index >= 15 is 0 Å². The van der Waals surface area contributed by atoms with E-state index in [0.717, 1.165) is 39.1 Å². The number of benzene rings is 4. The van der Waals surface area contributed by atoms with Gasteiger partial charge in [0.25, 0.3) is 0 Å². The maximum Gasteiger partial charge on any atom is 0.235 e. The summed E-state index contributed by atoms with van der Waals surface area (Å²) >= 11 is 0. The van der Waals surface area contributed by atoms with Crippen LogP contribution in [-0.4, -0.2) is 14.9 Å². The Balaban J connectivity index is 0.000000140. The van der Waals surface area contributed by atoms with Crippen LogP contribution in [0.4, 0.5) is 0 Å². The second kappa shape index (κ2) is 8.48. The van der Waals surface area contributed by atoms with Crippen molar-refractivity contribution in [3.63, 3.8) is 0 Å². The molecule has 0 aliphatic heterocycles. The minimum Gasteiger partial charge on any atom is -0.354 e. The second-order valence-corrected chi connectivity index (χ2v) is 7.69. The molecular weight excluding hydrogens is 410 g/mol. The lowest BCUT2D eigenvalue weighted by Gasteiger charge is -1.95. The molecule has 6 aromatic rings. The van der Waals surface area contributed by atoms with Crippen LogP contribution in [0.5, 0.6) is 0 Å². The summed E-state index contributed by atoms with van der Waals surface area (Å²) < 4.78 is 0. The first-order valence-corrected chi connectivity index (χ1v) is 10.6. The van der Waals surface area contributed by atoms with Crippen LogP contribution in [0.15, 0.2) is 97.7 Å². The fourth-order valence-electron chi connectivity index (χ4n) is 4.24. The average Bonchev–Trinajstić information content (AvgIpc) is 3.42. The summed E-state index contributed by atoms with van der Waals surface area (Å²) in [4.78, 5) is 16.7. The van der Waals surface area contributed by atoms with Gasteiger partial charge < -0.3 is 9.97 Å². The van der Waals surface area contributed by atoms with Crippen LogP contribution in [0, 0.1) is 10.1 Å². The molecule has 5 heteroatoms. The van der Waals surface area contributed by atoms with E-state index in [9.17, 15) is 10.1 Å². The van der Waals surface area contributed by atoms with Crippen molar-refractivity contribution in [3.8, 4) is 0 Å². The van der Waals surface area contributed by atoms with Crippen LogP contribution in [-0.2, 0) is 0 Å². The topological polar surface area (TPSA) is 74.7 Å². The maximum atomic E-state index is 10.4. The van der Waals surface area contributed by atoms with Gasteiger partial charge in [-0.05, 0) is 17.7 Å². The SMILES string of the molecule is C=Cc1cccc2c1[nH]c1ccccc12.O=[N+]([O-])C=Cc1cccc2c1[nH]c1ccccc12. The second-order valence-electron chi connectivity index (χ2n) is 7.69. The third-order valence-electron chi connectivity index (χ3n) is 5.74. The molecule has 33 heavy (non-hydrogen) atoms. The normalized spacial score (nSPS) is 11.3. The van der Waals surface area contributed by atoms with E-state index in [1.165, 1.54) is 27.9 Å². The number of H-pyrrole nitrogens is 2. The molecule has 0 fully saturated rings. The summed E-state index contributed by atoms with van der Waals surface area (Å²) in [6, 6.07) is 28.4.